The van der Waals surface area contributed by atoms with E-state index < -0.39 is 15.8 Å². The third kappa shape index (κ3) is 4.25. The average molecular weight is 403 g/mol. The van der Waals surface area contributed by atoms with Gasteiger partial charge in [0.1, 0.15) is 16.4 Å². The molecule has 6 nitrogen and oxygen atoms in total. The Bertz CT molecular complexity index is 822. The molecule has 2 heterocycles. The molecule has 3 rings (SSSR count). The summed E-state index contributed by atoms with van der Waals surface area (Å²) in [6.07, 6.45) is 5.01. The molecule has 2 aromatic rings. The van der Waals surface area contributed by atoms with Gasteiger partial charge in [-0.25, -0.2) is 17.5 Å². The topological polar surface area (TPSA) is 67.2 Å². The first-order valence-electron chi connectivity index (χ1n) is 8.56. The van der Waals surface area contributed by atoms with E-state index in [1.807, 2.05) is 6.92 Å². The Hall–Kier alpha value is -1.48. The summed E-state index contributed by atoms with van der Waals surface area (Å²) >= 11 is 0. The van der Waals surface area contributed by atoms with Crippen molar-refractivity contribution in [1.29, 1.82) is 0 Å². The maximum Gasteiger partial charge on any atom is 0.246 e. The fourth-order valence-electron chi connectivity index (χ4n) is 3.16. The number of halogens is 2. The average Bonchev–Trinajstić information content (AvgIpc) is 3.11. The SMILES string of the molecule is CCCN(C1CCNCC1)S(=O)(=O)c1cnn(-c2ccccc2F)c1.Cl. The highest BCUT2D eigenvalue weighted by atomic mass is 35.5. The number of piperidine rings is 1. The van der Waals surface area contributed by atoms with Crippen molar-refractivity contribution in [2.45, 2.75) is 37.1 Å². The highest BCUT2D eigenvalue weighted by molar-refractivity contribution is 7.89. The monoisotopic (exact) mass is 402 g/mol. The Morgan fingerprint density at radius 3 is 2.65 bits per heavy atom. The van der Waals surface area contributed by atoms with Gasteiger partial charge in [0.05, 0.1) is 12.4 Å². The van der Waals surface area contributed by atoms with E-state index >= 15 is 0 Å². The number of rotatable bonds is 6. The van der Waals surface area contributed by atoms with Crippen LogP contribution in [0.3, 0.4) is 0 Å². The first-order chi connectivity index (χ1) is 12.0. The molecule has 0 unspecified atom stereocenters. The largest absolute Gasteiger partial charge is 0.317 e. The Morgan fingerprint density at radius 2 is 2.00 bits per heavy atom. The highest BCUT2D eigenvalue weighted by Gasteiger charge is 2.32. The number of hydrogen-bond acceptors (Lipinski definition) is 4. The van der Waals surface area contributed by atoms with Crippen molar-refractivity contribution >= 4 is 22.4 Å². The van der Waals surface area contributed by atoms with E-state index in [1.54, 1.807) is 22.5 Å². The molecule has 144 valence electrons. The van der Waals surface area contributed by atoms with Crippen molar-refractivity contribution in [2.75, 3.05) is 19.6 Å². The standard InChI is InChI=1S/C17H23FN4O2S.ClH/c1-2-11-22(14-7-9-19-10-8-14)25(23,24)15-12-20-21(13-15)17-6-4-3-5-16(17)18;/h3-6,12-14,19H,2,7-11H2,1H3;1H. The van der Waals surface area contributed by atoms with Gasteiger partial charge in [-0.1, -0.05) is 19.1 Å². The molecule has 1 fully saturated rings. The minimum atomic E-state index is -3.66. The zero-order valence-electron chi connectivity index (χ0n) is 14.6. The van der Waals surface area contributed by atoms with E-state index in [1.165, 1.54) is 23.1 Å². The van der Waals surface area contributed by atoms with Crippen molar-refractivity contribution in [3.63, 3.8) is 0 Å². The van der Waals surface area contributed by atoms with Gasteiger partial charge in [-0.15, -0.1) is 12.4 Å². The van der Waals surface area contributed by atoms with E-state index in [9.17, 15) is 12.8 Å². The number of hydrogen-bond donors (Lipinski definition) is 1. The lowest BCUT2D eigenvalue weighted by molar-refractivity contribution is 0.262. The summed E-state index contributed by atoms with van der Waals surface area (Å²) < 4.78 is 43.0. The molecule has 1 N–H and O–H groups in total. The Balaban J connectivity index is 0.00000243. The molecule has 0 radical (unpaired) electrons. The Kier molecular flexibility index (Phi) is 7.16. The summed E-state index contributed by atoms with van der Waals surface area (Å²) in [5, 5.41) is 7.31. The zero-order valence-corrected chi connectivity index (χ0v) is 16.3. The van der Waals surface area contributed by atoms with Gasteiger partial charge >= 0.3 is 0 Å². The quantitative estimate of drug-likeness (QED) is 0.806. The van der Waals surface area contributed by atoms with Crippen LogP contribution in [-0.4, -0.2) is 48.2 Å². The van der Waals surface area contributed by atoms with Crippen LogP contribution in [0, 0.1) is 5.82 Å². The molecule has 0 amide bonds. The number of para-hydroxylation sites is 1. The normalized spacial score (nSPS) is 15.8. The van der Waals surface area contributed by atoms with E-state index in [0.717, 1.165) is 32.4 Å². The number of aromatic nitrogens is 2. The van der Waals surface area contributed by atoms with Gasteiger partial charge < -0.3 is 5.32 Å². The van der Waals surface area contributed by atoms with Crippen molar-refractivity contribution in [3.8, 4) is 5.69 Å². The number of sulfonamides is 1. The minimum Gasteiger partial charge on any atom is -0.317 e. The van der Waals surface area contributed by atoms with Crippen LogP contribution in [0.5, 0.6) is 0 Å². The van der Waals surface area contributed by atoms with Crippen LogP contribution in [0.1, 0.15) is 26.2 Å². The molecule has 1 aliphatic rings. The lowest BCUT2D eigenvalue weighted by Crippen LogP contribution is -2.46. The van der Waals surface area contributed by atoms with E-state index in [-0.39, 0.29) is 29.0 Å². The van der Waals surface area contributed by atoms with Crippen molar-refractivity contribution < 1.29 is 12.8 Å². The van der Waals surface area contributed by atoms with Crippen LogP contribution in [0.2, 0.25) is 0 Å². The molecule has 26 heavy (non-hydrogen) atoms. The second-order valence-electron chi connectivity index (χ2n) is 6.17. The van der Waals surface area contributed by atoms with Crippen LogP contribution in [0.15, 0.2) is 41.6 Å². The molecular formula is C17H24ClFN4O2S. The summed E-state index contributed by atoms with van der Waals surface area (Å²) in [5.74, 6) is -0.446. The molecule has 1 saturated heterocycles. The van der Waals surface area contributed by atoms with E-state index in [2.05, 4.69) is 10.4 Å². The van der Waals surface area contributed by atoms with Crippen LogP contribution in [0.25, 0.3) is 5.69 Å². The minimum absolute atomic E-state index is 0. The van der Waals surface area contributed by atoms with Gasteiger partial charge in [-0.2, -0.15) is 9.40 Å². The third-order valence-corrected chi connectivity index (χ3v) is 6.33. The molecule has 0 aliphatic carbocycles. The van der Waals surface area contributed by atoms with Gasteiger partial charge in [-0.05, 0) is 44.5 Å². The lowest BCUT2D eigenvalue weighted by atomic mass is 10.1. The lowest BCUT2D eigenvalue weighted by Gasteiger charge is -2.33. The molecule has 1 aliphatic heterocycles. The predicted molar refractivity (Wildman–Crippen MR) is 101 cm³/mol. The van der Waals surface area contributed by atoms with Gasteiger partial charge in [0.25, 0.3) is 0 Å². The summed E-state index contributed by atoms with van der Waals surface area (Å²) in [5.41, 5.74) is 0.229. The maximum atomic E-state index is 13.9. The number of nitrogens with zero attached hydrogens (tertiary/aromatic N) is 3. The van der Waals surface area contributed by atoms with Crippen molar-refractivity contribution in [3.05, 3.63) is 42.5 Å². The van der Waals surface area contributed by atoms with Gasteiger partial charge in [0.2, 0.25) is 10.0 Å². The molecule has 0 saturated carbocycles. The molecule has 0 spiro atoms. The number of nitrogens with one attached hydrogen (secondary N) is 1. The highest BCUT2D eigenvalue weighted by Crippen LogP contribution is 2.24. The molecule has 0 atom stereocenters. The van der Waals surface area contributed by atoms with E-state index in [0.29, 0.717) is 6.54 Å². The maximum absolute atomic E-state index is 13.9. The molecule has 1 aromatic heterocycles. The fourth-order valence-corrected chi connectivity index (χ4v) is 4.87. The van der Waals surface area contributed by atoms with Gasteiger partial charge in [0.15, 0.2) is 0 Å². The van der Waals surface area contributed by atoms with Gasteiger partial charge in [0, 0.05) is 12.6 Å². The second-order valence-corrected chi connectivity index (χ2v) is 8.06. The molecule has 0 bridgehead atoms. The molecule has 9 heteroatoms. The van der Waals surface area contributed by atoms with Crippen molar-refractivity contribution in [1.82, 2.24) is 19.4 Å². The van der Waals surface area contributed by atoms with Crippen LogP contribution >= 0.6 is 12.4 Å². The summed E-state index contributed by atoms with van der Waals surface area (Å²) in [4.78, 5) is 0.0998. The smallest absolute Gasteiger partial charge is 0.246 e. The fraction of sp³-hybridized carbons (Fsp3) is 0.471. The van der Waals surface area contributed by atoms with Crippen LogP contribution in [-0.2, 0) is 10.0 Å². The number of benzene rings is 1. The third-order valence-electron chi connectivity index (χ3n) is 4.42. The summed E-state index contributed by atoms with van der Waals surface area (Å²) in [6, 6.07) is 6.15. The zero-order chi connectivity index (χ0) is 17.9. The first-order valence-corrected chi connectivity index (χ1v) is 10.00. The van der Waals surface area contributed by atoms with Gasteiger partial charge in [-0.3, -0.25) is 0 Å². The Morgan fingerprint density at radius 1 is 1.31 bits per heavy atom. The Labute approximate surface area is 159 Å². The first kappa shape index (κ1) is 20.8. The summed E-state index contributed by atoms with van der Waals surface area (Å²) in [6.45, 7) is 4.06. The molecular weight excluding hydrogens is 379 g/mol. The van der Waals surface area contributed by atoms with Crippen LogP contribution < -0.4 is 5.32 Å². The predicted octanol–water partition coefficient (Wildman–Crippen LogP) is 2.59. The summed E-state index contributed by atoms with van der Waals surface area (Å²) in [7, 11) is -3.66. The van der Waals surface area contributed by atoms with Crippen molar-refractivity contribution in [2.24, 2.45) is 0 Å². The molecule has 1 aromatic carbocycles. The van der Waals surface area contributed by atoms with E-state index in [4.69, 9.17) is 0 Å². The second kappa shape index (κ2) is 8.94. The van der Waals surface area contributed by atoms with Crippen LogP contribution in [0.4, 0.5) is 4.39 Å².